The van der Waals surface area contributed by atoms with Crippen LogP contribution < -0.4 is 0 Å². The summed E-state index contributed by atoms with van der Waals surface area (Å²) >= 11 is 1.86. The summed E-state index contributed by atoms with van der Waals surface area (Å²) in [7, 11) is 0. The summed E-state index contributed by atoms with van der Waals surface area (Å²) in [4.78, 5) is 23.1. The Balaban J connectivity index is 3.80. The Morgan fingerprint density at radius 3 is 1.79 bits per heavy atom. The van der Waals surface area contributed by atoms with E-state index in [1.807, 2.05) is 25.6 Å². The minimum absolute atomic E-state index is 0.0581. The number of esters is 1. The van der Waals surface area contributed by atoms with Gasteiger partial charge in [0.05, 0.1) is 64.9 Å². The van der Waals surface area contributed by atoms with Crippen molar-refractivity contribution in [3.05, 3.63) is 0 Å². The highest BCUT2D eigenvalue weighted by Gasteiger charge is 2.14. The van der Waals surface area contributed by atoms with E-state index in [4.69, 9.17) is 33.5 Å². The lowest BCUT2D eigenvalue weighted by Gasteiger charge is -2.21. The van der Waals surface area contributed by atoms with Crippen LogP contribution in [0.2, 0.25) is 0 Å². The van der Waals surface area contributed by atoms with Gasteiger partial charge in [-0.2, -0.15) is 11.8 Å². The number of rotatable bonds is 38. The molecule has 0 radical (unpaired) electrons. The van der Waals surface area contributed by atoms with E-state index >= 15 is 0 Å². The summed E-state index contributed by atoms with van der Waals surface area (Å²) in [5.41, 5.74) is 0. The van der Waals surface area contributed by atoms with Crippen LogP contribution in [0.4, 0.5) is 0 Å². The third kappa shape index (κ3) is 34.7. The van der Waals surface area contributed by atoms with E-state index in [1.165, 1.54) is 70.6 Å². The predicted octanol–water partition coefficient (Wildman–Crippen LogP) is 8.64. The highest BCUT2D eigenvalue weighted by molar-refractivity contribution is 7.99. The third-order valence-corrected chi connectivity index (χ3v) is 9.42. The van der Waals surface area contributed by atoms with Gasteiger partial charge in [-0.3, -0.25) is 9.59 Å². The van der Waals surface area contributed by atoms with Crippen LogP contribution in [0.1, 0.15) is 143 Å². The molecule has 10 heteroatoms. The number of aliphatic carboxylic acids is 1. The van der Waals surface area contributed by atoms with Crippen LogP contribution in [0.5, 0.6) is 0 Å². The van der Waals surface area contributed by atoms with Gasteiger partial charge < -0.3 is 33.5 Å². The summed E-state index contributed by atoms with van der Waals surface area (Å²) in [6.07, 6.45) is 19.3. The fourth-order valence-corrected chi connectivity index (χ4v) is 6.54. The molecule has 0 aliphatic rings. The van der Waals surface area contributed by atoms with Crippen molar-refractivity contribution >= 4 is 23.7 Å². The van der Waals surface area contributed by atoms with Crippen LogP contribution in [0.25, 0.3) is 0 Å². The Labute approximate surface area is 292 Å². The summed E-state index contributed by atoms with van der Waals surface area (Å²) in [5, 5.41) is 9.57. The molecule has 1 N–H and O–H groups in total. The molecule has 280 valence electrons. The molecule has 0 saturated carbocycles. The second kappa shape index (κ2) is 36.4. The van der Waals surface area contributed by atoms with E-state index in [-0.39, 0.29) is 31.2 Å². The number of carboxylic acid groups (broad SMARTS) is 1. The van der Waals surface area contributed by atoms with Crippen molar-refractivity contribution in [1.82, 2.24) is 0 Å². The first kappa shape index (κ1) is 46.1. The number of carbonyl (C=O) groups excluding carboxylic acids is 1. The minimum Gasteiger partial charge on any atom is -0.481 e. The zero-order valence-electron chi connectivity index (χ0n) is 30.7. The van der Waals surface area contributed by atoms with Gasteiger partial charge in [-0.25, -0.2) is 0 Å². The normalized spacial score (nSPS) is 13.4. The Bertz CT molecular complexity index is 682. The standard InChI is InChI=1S/C37H72O9S/c1-5-8-9-10-13-16-19-35(47-31-22-36(38)39)20-17-14-11-12-15-18-21-37(40)46-30-29-45-34(6-2)32-33(4)44-28-27-43-26-25-42-24-23-41-7-3/h33-35H,5-32H2,1-4H3,(H,38,39). The monoisotopic (exact) mass is 692 g/mol. The number of hydrogen-bond acceptors (Lipinski definition) is 9. The fourth-order valence-electron chi connectivity index (χ4n) is 5.25. The molecule has 47 heavy (non-hydrogen) atoms. The lowest BCUT2D eigenvalue weighted by Crippen LogP contribution is -2.24. The number of thioether (sulfide) groups is 1. The quantitative estimate of drug-likeness (QED) is 0.0499. The van der Waals surface area contributed by atoms with Gasteiger partial charge in [0, 0.05) is 24.0 Å². The topological polar surface area (TPSA) is 110 Å². The lowest BCUT2D eigenvalue weighted by atomic mass is 10.0. The Morgan fingerprint density at radius 2 is 1.19 bits per heavy atom. The highest BCUT2D eigenvalue weighted by Crippen LogP contribution is 2.25. The van der Waals surface area contributed by atoms with Gasteiger partial charge in [0.1, 0.15) is 6.61 Å². The van der Waals surface area contributed by atoms with Crippen molar-refractivity contribution in [2.45, 2.75) is 161 Å². The number of carbonyl (C=O) groups is 2. The molecule has 0 aliphatic carbocycles. The van der Waals surface area contributed by atoms with E-state index in [2.05, 4.69) is 13.8 Å². The van der Waals surface area contributed by atoms with Crippen LogP contribution in [0.15, 0.2) is 0 Å². The van der Waals surface area contributed by atoms with Crippen molar-refractivity contribution in [2.75, 3.05) is 65.2 Å². The molecular formula is C37H72O9S. The van der Waals surface area contributed by atoms with E-state index in [0.29, 0.717) is 64.5 Å². The van der Waals surface area contributed by atoms with Crippen molar-refractivity contribution in [3.63, 3.8) is 0 Å². The first-order valence-corrected chi connectivity index (χ1v) is 19.9. The van der Waals surface area contributed by atoms with Crippen LogP contribution >= 0.6 is 11.8 Å². The van der Waals surface area contributed by atoms with Crippen LogP contribution in [0.3, 0.4) is 0 Å². The zero-order chi connectivity index (χ0) is 34.6. The predicted molar refractivity (Wildman–Crippen MR) is 193 cm³/mol. The van der Waals surface area contributed by atoms with E-state index < -0.39 is 5.97 Å². The maximum atomic E-state index is 12.1. The van der Waals surface area contributed by atoms with Crippen molar-refractivity contribution in [1.29, 1.82) is 0 Å². The second-order valence-electron chi connectivity index (χ2n) is 12.3. The summed E-state index contributed by atoms with van der Waals surface area (Å²) < 4.78 is 33.4. The molecule has 3 unspecified atom stereocenters. The van der Waals surface area contributed by atoms with Gasteiger partial charge in [0.15, 0.2) is 0 Å². The minimum atomic E-state index is -0.699. The first-order chi connectivity index (χ1) is 22.9. The number of hydrogen-bond donors (Lipinski definition) is 1. The van der Waals surface area contributed by atoms with Gasteiger partial charge in [-0.05, 0) is 46.0 Å². The lowest BCUT2D eigenvalue weighted by molar-refractivity contribution is -0.146. The Kier molecular flexibility index (Phi) is 35.7. The van der Waals surface area contributed by atoms with Crippen molar-refractivity contribution in [3.8, 4) is 0 Å². The molecule has 0 aromatic heterocycles. The van der Waals surface area contributed by atoms with Crippen molar-refractivity contribution in [2.24, 2.45) is 0 Å². The molecule has 0 fully saturated rings. The van der Waals surface area contributed by atoms with Gasteiger partial charge in [0.25, 0.3) is 0 Å². The average Bonchev–Trinajstić information content (AvgIpc) is 3.05. The fraction of sp³-hybridized carbons (Fsp3) is 0.946. The third-order valence-electron chi connectivity index (χ3n) is 8.03. The average molecular weight is 693 g/mol. The number of unbranched alkanes of at least 4 members (excludes halogenated alkanes) is 10. The molecular weight excluding hydrogens is 620 g/mol. The van der Waals surface area contributed by atoms with Crippen LogP contribution in [-0.2, 0) is 38.0 Å². The van der Waals surface area contributed by atoms with Crippen LogP contribution in [0, 0.1) is 0 Å². The number of ether oxygens (including phenoxy) is 6. The number of carboxylic acids is 1. The largest absolute Gasteiger partial charge is 0.481 e. The molecule has 0 rings (SSSR count). The molecule has 0 heterocycles. The van der Waals surface area contributed by atoms with E-state index in [1.54, 1.807) is 0 Å². The van der Waals surface area contributed by atoms with Gasteiger partial charge in [0.2, 0.25) is 0 Å². The SMILES string of the molecule is CCCCCCCCC(CCCCCCCCC(=O)OCCOC(CC)CC(C)OCCOCCOCCOCC)SCCC(=O)O. The van der Waals surface area contributed by atoms with Gasteiger partial charge >= 0.3 is 11.9 Å². The maximum absolute atomic E-state index is 12.1. The molecule has 3 atom stereocenters. The van der Waals surface area contributed by atoms with Crippen molar-refractivity contribution < 1.29 is 43.1 Å². The molecule has 0 saturated heterocycles. The van der Waals surface area contributed by atoms with E-state index in [9.17, 15) is 9.59 Å². The zero-order valence-corrected chi connectivity index (χ0v) is 31.5. The molecule has 9 nitrogen and oxygen atoms in total. The van der Waals surface area contributed by atoms with Gasteiger partial charge in [-0.15, -0.1) is 0 Å². The Morgan fingerprint density at radius 1 is 0.638 bits per heavy atom. The highest BCUT2D eigenvalue weighted by atomic mass is 32.2. The molecule has 0 aromatic rings. The molecule has 0 aromatic carbocycles. The Hall–Kier alpha value is -0.910. The second-order valence-corrected chi connectivity index (χ2v) is 13.7. The van der Waals surface area contributed by atoms with E-state index in [0.717, 1.165) is 37.9 Å². The van der Waals surface area contributed by atoms with Crippen LogP contribution in [-0.4, -0.2) is 99.7 Å². The molecule has 0 aliphatic heterocycles. The van der Waals surface area contributed by atoms with Gasteiger partial charge in [-0.1, -0.05) is 84.5 Å². The first-order valence-electron chi connectivity index (χ1n) is 18.9. The smallest absolute Gasteiger partial charge is 0.305 e. The summed E-state index contributed by atoms with van der Waals surface area (Å²) in [5.74, 6) is -0.125. The maximum Gasteiger partial charge on any atom is 0.305 e. The molecule has 0 amide bonds. The summed E-state index contributed by atoms with van der Waals surface area (Å²) in [6.45, 7) is 13.1. The molecule has 0 spiro atoms. The summed E-state index contributed by atoms with van der Waals surface area (Å²) in [6, 6.07) is 0. The molecule has 0 bridgehead atoms.